The van der Waals surface area contributed by atoms with Crippen LogP contribution in [0.3, 0.4) is 0 Å². The summed E-state index contributed by atoms with van der Waals surface area (Å²) in [6, 6.07) is 8.20. The van der Waals surface area contributed by atoms with Gasteiger partial charge in [-0.05, 0) is 22.6 Å². The minimum atomic E-state index is -1.08. The average molecular weight is 233 g/mol. The molecule has 0 aliphatic heterocycles. The van der Waals surface area contributed by atoms with Crippen molar-refractivity contribution in [1.82, 2.24) is 20.2 Å². The first kappa shape index (κ1) is 11.2. The third-order valence-electron chi connectivity index (χ3n) is 2.25. The second-order valence-corrected chi connectivity index (χ2v) is 3.49. The van der Waals surface area contributed by atoms with Crippen molar-refractivity contribution in [1.29, 1.82) is 0 Å². The van der Waals surface area contributed by atoms with Crippen molar-refractivity contribution in [3.8, 4) is 5.69 Å². The van der Waals surface area contributed by atoms with Gasteiger partial charge in [0, 0.05) is 6.42 Å². The molecule has 1 heterocycles. The number of carboxylic acids is 1. The van der Waals surface area contributed by atoms with Crippen molar-refractivity contribution >= 4 is 5.97 Å². The van der Waals surface area contributed by atoms with Gasteiger partial charge in [0.15, 0.2) is 5.82 Å². The monoisotopic (exact) mass is 233 g/mol. The summed E-state index contributed by atoms with van der Waals surface area (Å²) in [5.41, 5.74) is 6.21. The maximum atomic E-state index is 10.7. The van der Waals surface area contributed by atoms with E-state index in [1.165, 1.54) is 4.68 Å². The predicted octanol–water partition coefficient (Wildman–Crippen LogP) is -0.383. The molecule has 1 unspecified atom stereocenters. The molecule has 7 heteroatoms. The minimum Gasteiger partial charge on any atom is -0.480 e. The molecule has 0 amide bonds. The second-order valence-electron chi connectivity index (χ2n) is 3.49. The Bertz CT molecular complexity index is 510. The van der Waals surface area contributed by atoms with E-state index < -0.39 is 12.0 Å². The highest BCUT2D eigenvalue weighted by Gasteiger charge is 2.17. The summed E-state index contributed by atoms with van der Waals surface area (Å²) in [6.45, 7) is 0. The number of nitrogens with two attached hydrogens (primary N) is 1. The number of carbonyl (C=O) groups is 1. The zero-order chi connectivity index (χ0) is 12.3. The van der Waals surface area contributed by atoms with E-state index in [9.17, 15) is 4.79 Å². The van der Waals surface area contributed by atoms with E-state index in [0.717, 1.165) is 5.69 Å². The largest absolute Gasteiger partial charge is 0.480 e. The maximum Gasteiger partial charge on any atom is 0.320 e. The molecule has 1 atom stereocenters. The quantitative estimate of drug-likeness (QED) is 0.745. The Morgan fingerprint density at radius 1 is 1.41 bits per heavy atom. The van der Waals surface area contributed by atoms with Gasteiger partial charge < -0.3 is 10.8 Å². The van der Waals surface area contributed by atoms with Gasteiger partial charge in [-0.15, -0.1) is 5.10 Å². The first-order valence-corrected chi connectivity index (χ1v) is 4.99. The van der Waals surface area contributed by atoms with Crippen LogP contribution in [0.1, 0.15) is 5.82 Å². The normalized spacial score (nSPS) is 12.3. The second kappa shape index (κ2) is 4.71. The number of rotatable bonds is 4. The van der Waals surface area contributed by atoms with Crippen LogP contribution in [0.5, 0.6) is 0 Å². The Kier molecular flexibility index (Phi) is 3.10. The van der Waals surface area contributed by atoms with E-state index in [-0.39, 0.29) is 6.42 Å². The average Bonchev–Trinajstić information content (AvgIpc) is 2.78. The first-order valence-electron chi connectivity index (χ1n) is 4.99. The molecular weight excluding hydrogens is 222 g/mol. The Labute approximate surface area is 96.9 Å². The van der Waals surface area contributed by atoms with Crippen LogP contribution in [0, 0.1) is 0 Å². The molecule has 2 aromatic rings. The lowest BCUT2D eigenvalue weighted by molar-refractivity contribution is -0.138. The fourth-order valence-electron chi connectivity index (χ4n) is 1.39. The molecule has 7 nitrogen and oxygen atoms in total. The van der Waals surface area contributed by atoms with Gasteiger partial charge in [0.25, 0.3) is 0 Å². The molecule has 1 aromatic carbocycles. The molecule has 0 aliphatic rings. The molecule has 0 radical (unpaired) electrons. The summed E-state index contributed by atoms with van der Waals surface area (Å²) >= 11 is 0. The van der Waals surface area contributed by atoms with E-state index in [2.05, 4.69) is 15.5 Å². The lowest BCUT2D eigenvalue weighted by atomic mass is 10.2. The highest BCUT2D eigenvalue weighted by atomic mass is 16.4. The van der Waals surface area contributed by atoms with Crippen LogP contribution >= 0.6 is 0 Å². The lowest BCUT2D eigenvalue weighted by Crippen LogP contribution is -2.33. The van der Waals surface area contributed by atoms with Crippen molar-refractivity contribution < 1.29 is 9.90 Å². The van der Waals surface area contributed by atoms with Crippen LogP contribution < -0.4 is 5.73 Å². The summed E-state index contributed by atoms with van der Waals surface area (Å²) in [5, 5.41) is 19.8. The topological polar surface area (TPSA) is 107 Å². The van der Waals surface area contributed by atoms with Crippen LogP contribution in [0.15, 0.2) is 30.3 Å². The SMILES string of the molecule is NC(Cc1nnnn1-c1ccccc1)C(=O)O. The fourth-order valence-corrected chi connectivity index (χ4v) is 1.39. The van der Waals surface area contributed by atoms with E-state index in [0.29, 0.717) is 5.82 Å². The number of carboxylic acid groups (broad SMARTS) is 1. The molecule has 17 heavy (non-hydrogen) atoms. The molecule has 0 saturated heterocycles. The summed E-state index contributed by atoms with van der Waals surface area (Å²) in [4.78, 5) is 10.7. The van der Waals surface area contributed by atoms with Crippen molar-refractivity contribution in [3.05, 3.63) is 36.2 Å². The summed E-state index contributed by atoms with van der Waals surface area (Å²) in [6.07, 6.45) is 0.0806. The van der Waals surface area contributed by atoms with Crippen molar-refractivity contribution in [2.45, 2.75) is 12.5 Å². The van der Waals surface area contributed by atoms with Crippen LogP contribution in [-0.4, -0.2) is 37.3 Å². The number of benzene rings is 1. The van der Waals surface area contributed by atoms with E-state index in [1.54, 1.807) is 0 Å². The standard InChI is InChI=1S/C10H11N5O2/c11-8(10(16)17)6-9-12-13-14-15(9)7-4-2-1-3-5-7/h1-5,8H,6,11H2,(H,16,17). The molecule has 0 bridgehead atoms. The third-order valence-corrected chi connectivity index (χ3v) is 2.25. The third kappa shape index (κ3) is 2.45. The number of tetrazole rings is 1. The van der Waals surface area contributed by atoms with Crippen molar-refractivity contribution in [3.63, 3.8) is 0 Å². The molecule has 0 saturated carbocycles. The summed E-state index contributed by atoms with van der Waals surface area (Å²) in [7, 11) is 0. The molecule has 3 N–H and O–H groups in total. The molecule has 1 aromatic heterocycles. The molecule has 88 valence electrons. The van der Waals surface area contributed by atoms with E-state index in [1.807, 2.05) is 30.3 Å². The zero-order valence-corrected chi connectivity index (χ0v) is 8.89. The zero-order valence-electron chi connectivity index (χ0n) is 8.89. The lowest BCUT2D eigenvalue weighted by Gasteiger charge is -2.06. The Morgan fingerprint density at radius 3 is 2.76 bits per heavy atom. The number of aromatic nitrogens is 4. The maximum absolute atomic E-state index is 10.7. The summed E-state index contributed by atoms with van der Waals surface area (Å²) in [5.74, 6) is -0.654. The van der Waals surface area contributed by atoms with Gasteiger partial charge in [-0.2, -0.15) is 4.68 Å². The predicted molar refractivity (Wildman–Crippen MR) is 58.5 cm³/mol. The highest BCUT2D eigenvalue weighted by Crippen LogP contribution is 2.08. The van der Waals surface area contributed by atoms with Gasteiger partial charge in [-0.1, -0.05) is 18.2 Å². The van der Waals surface area contributed by atoms with Crippen molar-refractivity contribution in [2.24, 2.45) is 5.73 Å². The van der Waals surface area contributed by atoms with Gasteiger partial charge >= 0.3 is 5.97 Å². The van der Waals surface area contributed by atoms with Gasteiger partial charge in [0.2, 0.25) is 0 Å². The Balaban J connectivity index is 2.26. The number of para-hydroxylation sites is 1. The Hall–Kier alpha value is -2.28. The van der Waals surface area contributed by atoms with E-state index in [4.69, 9.17) is 10.8 Å². The number of nitrogens with zero attached hydrogens (tertiary/aromatic N) is 4. The van der Waals surface area contributed by atoms with Gasteiger partial charge in [-0.3, -0.25) is 4.79 Å². The molecular formula is C10H11N5O2. The van der Waals surface area contributed by atoms with Gasteiger partial charge in [0.1, 0.15) is 6.04 Å². The summed E-state index contributed by atoms with van der Waals surface area (Å²) < 4.78 is 1.48. The van der Waals surface area contributed by atoms with Crippen molar-refractivity contribution in [2.75, 3.05) is 0 Å². The molecule has 0 fully saturated rings. The molecule has 2 rings (SSSR count). The molecule has 0 aliphatic carbocycles. The van der Waals surface area contributed by atoms with E-state index >= 15 is 0 Å². The van der Waals surface area contributed by atoms with Crippen LogP contribution in [0.25, 0.3) is 5.69 Å². The van der Waals surface area contributed by atoms with Crippen LogP contribution in [-0.2, 0) is 11.2 Å². The minimum absolute atomic E-state index is 0.0806. The molecule has 0 spiro atoms. The van der Waals surface area contributed by atoms with Crippen LogP contribution in [0.2, 0.25) is 0 Å². The first-order chi connectivity index (χ1) is 8.18. The number of hydrogen-bond acceptors (Lipinski definition) is 5. The fraction of sp³-hybridized carbons (Fsp3) is 0.200. The number of hydrogen-bond donors (Lipinski definition) is 2. The van der Waals surface area contributed by atoms with Gasteiger partial charge in [-0.25, -0.2) is 0 Å². The Morgan fingerprint density at radius 2 is 2.12 bits per heavy atom. The smallest absolute Gasteiger partial charge is 0.320 e. The number of aliphatic carboxylic acids is 1. The highest BCUT2D eigenvalue weighted by molar-refractivity contribution is 5.73. The van der Waals surface area contributed by atoms with Gasteiger partial charge in [0.05, 0.1) is 5.69 Å². The van der Waals surface area contributed by atoms with Crippen LogP contribution in [0.4, 0.5) is 0 Å².